The molecule has 0 fully saturated rings. The van der Waals surface area contributed by atoms with Gasteiger partial charge in [-0.15, -0.1) is 11.3 Å². The first-order valence-corrected chi connectivity index (χ1v) is 14.0. The van der Waals surface area contributed by atoms with Crippen LogP contribution in [0.1, 0.15) is 32.3 Å². The van der Waals surface area contributed by atoms with Crippen molar-refractivity contribution in [2.45, 2.75) is 37.5 Å². The van der Waals surface area contributed by atoms with Gasteiger partial charge in [-0.05, 0) is 47.3 Å². The second-order valence-corrected chi connectivity index (χ2v) is 11.2. The number of carbonyl (C=O) groups is 1. The van der Waals surface area contributed by atoms with Gasteiger partial charge in [0, 0.05) is 23.5 Å². The van der Waals surface area contributed by atoms with Gasteiger partial charge in [0.15, 0.2) is 0 Å². The molecule has 4 rings (SSSR count). The Morgan fingerprint density at radius 3 is 2.74 bits per heavy atom. The number of hydrogen-bond acceptors (Lipinski definition) is 8. The van der Waals surface area contributed by atoms with Crippen LogP contribution in [0.3, 0.4) is 0 Å². The van der Waals surface area contributed by atoms with E-state index in [1.807, 2.05) is 42.6 Å². The number of amides is 1. The molecule has 0 spiro atoms. The molecule has 3 N–H and O–H groups in total. The zero-order valence-electron chi connectivity index (χ0n) is 19.0. The van der Waals surface area contributed by atoms with E-state index in [9.17, 15) is 9.35 Å². The number of hydrogen-bond donors (Lipinski definition) is 2. The van der Waals surface area contributed by atoms with Crippen LogP contribution in [0.25, 0.3) is 32.0 Å². The maximum absolute atomic E-state index is 12.9. The molecule has 1 atom stereocenters. The molecule has 178 valence electrons. The second-order valence-electron chi connectivity index (χ2n) is 7.58. The van der Waals surface area contributed by atoms with Crippen molar-refractivity contribution in [3.8, 4) is 21.8 Å². The number of alkyl carbamates (subject to hydrolysis) is 1. The molecule has 7 nitrogen and oxygen atoms in total. The maximum atomic E-state index is 12.9. The summed E-state index contributed by atoms with van der Waals surface area (Å²) in [4.78, 5) is 21.6. The zero-order valence-corrected chi connectivity index (χ0v) is 21.4. The van der Waals surface area contributed by atoms with E-state index in [-0.39, 0.29) is 6.61 Å². The van der Waals surface area contributed by atoms with E-state index < -0.39 is 17.3 Å². The lowest BCUT2D eigenvalue weighted by atomic mass is 10.0. The Balaban J connectivity index is 1.74. The Hall–Kier alpha value is -2.66. The summed E-state index contributed by atoms with van der Waals surface area (Å²) in [5.41, 5.74) is 10.6. The summed E-state index contributed by atoms with van der Waals surface area (Å²) in [6.07, 6.45) is 3.17. The minimum atomic E-state index is -1.16. The predicted molar refractivity (Wildman–Crippen MR) is 141 cm³/mol. The summed E-state index contributed by atoms with van der Waals surface area (Å²) in [6, 6.07) is 9.78. The molecule has 1 amide bonds. The number of nitrogens with one attached hydrogen (secondary N) is 1. The van der Waals surface area contributed by atoms with Crippen LogP contribution in [0, 0.1) is 0 Å². The van der Waals surface area contributed by atoms with Gasteiger partial charge in [-0.1, -0.05) is 48.9 Å². The number of nitrogens with two attached hydrogens (primary N) is 1. The summed E-state index contributed by atoms with van der Waals surface area (Å²) in [5, 5.41) is 6.16. The summed E-state index contributed by atoms with van der Waals surface area (Å²) in [7, 11) is 0. The molecule has 0 aliphatic rings. The lowest BCUT2D eigenvalue weighted by Gasteiger charge is -2.10. The molecule has 34 heavy (non-hydrogen) atoms. The minimum Gasteiger partial charge on any atom is -0.611 e. The Kier molecular flexibility index (Phi) is 8.04. The summed E-state index contributed by atoms with van der Waals surface area (Å²) < 4.78 is 18.8. The number of carbonyl (C=O) groups excluding carboxylic acids is 1. The molecular weight excluding hydrogens is 488 g/mol. The van der Waals surface area contributed by atoms with Crippen molar-refractivity contribution in [2.75, 3.05) is 18.0 Å². The quantitative estimate of drug-likeness (QED) is 0.272. The molecule has 0 aliphatic heterocycles. The highest BCUT2D eigenvalue weighted by Crippen LogP contribution is 2.43. The van der Waals surface area contributed by atoms with Gasteiger partial charge < -0.3 is 20.3 Å². The largest absolute Gasteiger partial charge is 0.611 e. The molecule has 1 aromatic carbocycles. The number of nitrogens with zero attached hydrogens (tertiary/aromatic N) is 2. The van der Waals surface area contributed by atoms with E-state index in [1.165, 1.54) is 22.7 Å². The van der Waals surface area contributed by atoms with Crippen molar-refractivity contribution in [3.63, 3.8) is 0 Å². The Labute approximate surface area is 209 Å². The van der Waals surface area contributed by atoms with Crippen molar-refractivity contribution in [1.29, 1.82) is 0 Å². The number of unbranched alkanes of at least 4 members (excludes halogenated alkanes) is 1. The first-order chi connectivity index (χ1) is 16.5. The van der Waals surface area contributed by atoms with Gasteiger partial charge in [0.2, 0.25) is 4.21 Å². The summed E-state index contributed by atoms with van der Waals surface area (Å²) in [5.74, 6) is 0.586. The Morgan fingerprint density at radius 2 is 2.06 bits per heavy atom. The fraction of sp³-hybridized carbons (Fsp3) is 0.292. The van der Waals surface area contributed by atoms with Crippen LogP contribution >= 0.6 is 22.7 Å². The highest BCUT2D eigenvalue weighted by Gasteiger charge is 2.25. The van der Waals surface area contributed by atoms with Crippen molar-refractivity contribution in [2.24, 2.45) is 0 Å². The van der Waals surface area contributed by atoms with Crippen LogP contribution in [0.4, 0.5) is 10.5 Å². The van der Waals surface area contributed by atoms with Crippen molar-refractivity contribution in [3.05, 3.63) is 47.5 Å². The van der Waals surface area contributed by atoms with Gasteiger partial charge in [0.05, 0.1) is 0 Å². The number of fused-ring (bicyclic) bond motifs is 1. The zero-order chi connectivity index (χ0) is 24.1. The van der Waals surface area contributed by atoms with E-state index in [0.29, 0.717) is 22.2 Å². The number of aromatic nitrogens is 2. The van der Waals surface area contributed by atoms with Crippen molar-refractivity contribution in [1.82, 2.24) is 15.3 Å². The van der Waals surface area contributed by atoms with Crippen LogP contribution in [-0.4, -0.2) is 32.9 Å². The fourth-order valence-corrected chi connectivity index (χ4v) is 6.84. The Bertz CT molecular complexity index is 1260. The topological polar surface area (TPSA) is 113 Å². The first-order valence-electron chi connectivity index (χ1n) is 11.0. The smallest absolute Gasteiger partial charge is 0.407 e. The molecule has 4 aromatic rings. The lowest BCUT2D eigenvalue weighted by molar-refractivity contribution is 0.140. The van der Waals surface area contributed by atoms with Crippen LogP contribution in [0.5, 0.6) is 0 Å². The molecule has 3 heterocycles. The second kappa shape index (κ2) is 11.2. The van der Waals surface area contributed by atoms with Gasteiger partial charge >= 0.3 is 6.09 Å². The number of benzene rings is 1. The van der Waals surface area contributed by atoms with Crippen molar-refractivity contribution < 1.29 is 14.1 Å². The fourth-order valence-electron chi connectivity index (χ4n) is 3.45. The number of pyridine rings is 1. The number of nitrogen functional groups attached to an aromatic ring is 1. The number of thiazole rings is 1. The van der Waals surface area contributed by atoms with Crippen LogP contribution in [0.2, 0.25) is 0 Å². The molecule has 0 saturated carbocycles. The van der Waals surface area contributed by atoms with E-state index in [2.05, 4.69) is 17.2 Å². The van der Waals surface area contributed by atoms with Crippen LogP contribution in [-0.2, 0) is 22.5 Å². The SMILES string of the molecule is CCCC[S+]([O-])c1sc2nc(-c3nccs3)cc(-c3ccc(COC(=O)NCC)cc3)c2c1N. The molecule has 3 aromatic heterocycles. The molecule has 0 radical (unpaired) electrons. The van der Waals surface area contributed by atoms with Gasteiger partial charge in [-0.3, -0.25) is 0 Å². The van der Waals surface area contributed by atoms with Gasteiger partial charge in [0.25, 0.3) is 0 Å². The van der Waals surface area contributed by atoms with E-state index in [0.717, 1.165) is 50.5 Å². The lowest BCUT2D eigenvalue weighted by Crippen LogP contribution is -2.23. The molecule has 0 bridgehead atoms. The van der Waals surface area contributed by atoms with Crippen molar-refractivity contribution >= 4 is 55.8 Å². The van der Waals surface area contributed by atoms with Gasteiger partial charge in [-0.25, -0.2) is 14.8 Å². The third-order valence-electron chi connectivity index (χ3n) is 5.16. The molecule has 10 heteroatoms. The normalized spacial score (nSPS) is 12.1. The highest BCUT2D eigenvalue weighted by molar-refractivity contribution is 7.93. The summed E-state index contributed by atoms with van der Waals surface area (Å²) >= 11 is 1.75. The standard InChI is InChI=1S/C24H26N4O3S3/c1-3-5-12-34(30)23-20(25)19-17(13-18(28-22(19)33-23)21-27-10-11-32-21)16-8-6-15(7-9-16)14-31-24(29)26-4-2/h6-11,13H,3-5,12,14,25H2,1-2H3,(H,26,29). The minimum absolute atomic E-state index is 0.184. The van der Waals surface area contributed by atoms with E-state index in [4.69, 9.17) is 15.5 Å². The number of ether oxygens (including phenoxy) is 1. The molecule has 1 unspecified atom stereocenters. The average Bonchev–Trinajstić information content (AvgIpc) is 3.50. The third-order valence-corrected chi connectivity index (χ3v) is 8.95. The number of thiophene rings is 1. The number of rotatable bonds is 9. The first kappa shape index (κ1) is 24.5. The van der Waals surface area contributed by atoms with Crippen LogP contribution in [0.15, 0.2) is 46.1 Å². The monoisotopic (exact) mass is 514 g/mol. The third kappa shape index (κ3) is 5.35. The van der Waals surface area contributed by atoms with E-state index >= 15 is 0 Å². The molecule has 0 saturated heterocycles. The highest BCUT2D eigenvalue weighted by atomic mass is 32.2. The van der Waals surface area contributed by atoms with E-state index in [1.54, 1.807) is 6.20 Å². The summed E-state index contributed by atoms with van der Waals surface area (Å²) in [6.45, 7) is 4.62. The van der Waals surface area contributed by atoms with Gasteiger partial charge in [-0.2, -0.15) is 0 Å². The average molecular weight is 515 g/mol. The molecular formula is C24H26N4O3S3. The predicted octanol–water partition coefficient (Wildman–Crippen LogP) is 5.82. The number of anilines is 1. The maximum Gasteiger partial charge on any atom is 0.407 e. The van der Waals surface area contributed by atoms with Crippen LogP contribution < -0.4 is 11.1 Å². The van der Waals surface area contributed by atoms with Gasteiger partial charge in [0.1, 0.15) is 33.6 Å². The Morgan fingerprint density at radius 1 is 1.26 bits per heavy atom. The molecule has 0 aliphatic carbocycles.